The Hall–Kier alpha value is -0.530. The fourth-order valence-electron chi connectivity index (χ4n) is 2.15. The van der Waals surface area contributed by atoms with Gasteiger partial charge in [0.1, 0.15) is 0 Å². The SMILES string of the molecule is CC(C)C(C)C(=O)N1C(C)CCC1C. The molecule has 0 radical (unpaired) electrons. The lowest BCUT2D eigenvalue weighted by molar-refractivity contribution is -0.138. The number of carbonyl (C=O) groups excluding carboxylic acids is 1. The van der Waals surface area contributed by atoms with Gasteiger partial charge in [0.05, 0.1) is 0 Å². The highest BCUT2D eigenvalue weighted by molar-refractivity contribution is 5.79. The molecular formula is C12H23NO. The summed E-state index contributed by atoms with van der Waals surface area (Å²) in [7, 11) is 0. The second-order valence-corrected chi connectivity index (χ2v) is 5.05. The molecular weight excluding hydrogens is 174 g/mol. The molecule has 1 aliphatic rings. The zero-order chi connectivity index (χ0) is 10.9. The minimum atomic E-state index is 0.165. The molecule has 1 fully saturated rings. The van der Waals surface area contributed by atoms with Crippen LogP contribution in [0.5, 0.6) is 0 Å². The van der Waals surface area contributed by atoms with E-state index in [1.165, 1.54) is 0 Å². The van der Waals surface area contributed by atoms with Crippen LogP contribution < -0.4 is 0 Å². The van der Waals surface area contributed by atoms with Gasteiger partial charge in [0.15, 0.2) is 0 Å². The molecule has 1 rings (SSSR count). The highest BCUT2D eigenvalue weighted by atomic mass is 16.2. The molecule has 0 bridgehead atoms. The summed E-state index contributed by atoms with van der Waals surface area (Å²) in [6, 6.07) is 0.886. The lowest BCUT2D eigenvalue weighted by atomic mass is 9.96. The summed E-state index contributed by atoms with van der Waals surface area (Å²) < 4.78 is 0. The van der Waals surface area contributed by atoms with E-state index in [9.17, 15) is 4.79 Å². The van der Waals surface area contributed by atoms with Crippen LogP contribution in [-0.2, 0) is 4.79 Å². The maximum absolute atomic E-state index is 12.1. The van der Waals surface area contributed by atoms with Gasteiger partial charge < -0.3 is 4.90 Å². The molecule has 14 heavy (non-hydrogen) atoms. The predicted octanol–water partition coefficient (Wildman–Crippen LogP) is 2.68. The first-order valence-electron chi connectivity index (χ1n) is 5.77. The highest BCUT2D eigenvalue weighted by Crippen LogP contribution is 2.27. The van der Waals surface area contributed by atoms with Crippen molar-refractivity contribution in [2.75, 3.05) is 0 Å². The Morgan fingerprint density at radius 1 is 1.14 bits per heavy atom. The number of likely N-dealkylation sites (tertiary alicyclic amines) is 1. The zero-order valence-electron chi connectivity index (χ0n) is 10.1. The van der Waals surface area contributed by atoms with E-state index in [0.717, 1.165) is 12.8 Å². The van der Waals surface area contributed by atoms with Gasteiger partial charge in [-0.2, -0.15) is 0 Å². The summed E-state index contributed by atoms with van der Waals surface area (Å²) in [5.74, 6) is 0.956. The number of nitrogens with zero attached hydrogens (tertiary/aromatic N) is 1. The molecule has 82 valence electrons. The van der Waals surface area contributed by atoms with Crippen LogP contribution in [0.15, 0.2) is 0 Å². The predicted molar refractivity (Wildman–Crippen MR) is 59.0 cm³/mol. The molecule has 1 aliphatic heterocycles. The molecule has 0 N–H and O–H groups in total. The lowest BCUT2D eigenvalue weighted by Crippen LogP contribution is -2.42. The van der Waals surface area contributed by atoms with Gasteiger partial charge in [-0.25, -0.2) is 0 Å². The highest BCUT2D eigenvalue weighted by Gasteiger charge is 2.34. The molecule has 0 saturated carbocycles. The normalized spacial score (nSPS) is 29.7. The third kappa shape index (κ3) is 2.10. The van der Waals surface area contributed by atoms with Crippen molar-refractivity contribution >= 4 is 5.91 Å². The van der Waals surface area contributed by atoms with Gasteiger partial charge in [-0.15, -0.1) is 0 Å². The number of hydrogen-bond donors (Lipinski definition) is 0. The lowest BCUT2D eigenvalue weighted by Gasteiger charge is -2.30. The first kappa shape index (κ1) is 11.5. The summed E-state index contributed by atoms with van der Waals surface area (Å²) in [5.41, 5.74) is 0. The number of rotatable bonds is 2. The summed E-state index contributed by atoms with van der Waals surface area (Å²) in [5, 5.41) is 0. The van der Waals surface area contributed by atoms with Gasteiger partial charge in [-0.05, 0) is 32.6 Å². The molecule has 1 amide bonds. The van der Waals surface area contributed by atoms with E-state index in [-0.39, 0.29) is 5.92 Å². The Kier molecular flexibility index (Phi) is 3.57. The fourth-order valence-corrected chi connectivity index (χ4v) is 2.15. The van der Waals surface area contributed by atoms with Gasteiger partial charge in [0, 0.05) is 18.0 Å². The topological polar surface area (TPSA) is 20.3 Å². The van der Waals surface area contributed by atoms with Crippen molar-refractivity contribution in [3.63, 3.8) is 0 Å². The minimum absolute atomic E-state index is 0.165. The average molecular weight is 197 g/mol. The van der Waals surface area contributed by atoms with Crippen molar-refractivity contribution < 1.29 is 4.79 Å². The quantitative estimate of drug-likeness (QED) is 0.666. The number of carbonyl (C=O) groups is 1. The second-order valence-electron chi connectivity index (χ2n) is 5.05. The molecule has 1 heterocycles. The van der Waals surface area contributed by atoms with E-state index in [1.807, 2.05) is 6.92 Å². The Morgan fingerprint density at radius 3 is 1.93 bits per heavy atom. The Labute approximate surface area is 87.7 Å². The molecule has 0 aromatic rings. The number of amides is 1. The third-order valence-electron chi connectivity index (χ3n) is 3.60. The van der Waals surface area contributed by atoms with Crippen molar-refractivity contribution in [3.05, 3.63) is 0 Å². The van der Waals surface area contributed by atoms with E-state index in [0.29, 0.717) is 23.9 Å². The summed E-state index contributed by atoms with van der Waals surface area (Å²) in [6.07, 6.45) is 2.33. The minimum Gasteiger partial charge on any atom is -0.337 e. The van der Waals surface area contributed by atoms with Gasteiger partial charge in [0.2, 0.25) is 5.91 Å². The molecule has 0 spiro atoms. The van der Waals surface area contributed by atoms with Crippen LogP contribution in [0.25, 0.3) is 0 Å². The summed E-state index contributed by atoms with van der Waals surface area (Å²) in [4.78, 5) is 14.2. The molecule has 2 nitrogen and oxygen atoms in total. The smallest absolute Gasteiger partial charge is 0.226 e. The first-order chi connectivity index (χ1) is 6.45. The molecule has 3 unspecified atom stereocenters. The Bertz CT molecular complexity index is 202. The van der Waals surface area contributed by atoms with Crippen molar-refractivity contribution in [2.45, 2.75) is 59.5 Å². The average Bonchev–Trinajstić information content (AvgIpc) is 2.44. The zero-order valence-corrected chi connectivity index (χ0v) is 10.1. The molecule has 0 aliphatic carbocycles. The van der Waals surface area contributed by atoms with Gasteiger partial charge in [0.25, 0.3) is 0 Å². The largest absolute Gasteiger partial charge is 0.337 e. The maximum atomic E-state index is 12.1. The molecule has 2 heteroatoms. The van der Waals surface area contributed by atoms with Crippen LogP contribution in [0.3, 0.4) is 0 Å². The van der Waals surface area contributed by atoms with Crippen molar-refractivity contribution in [1.29, 1.82) is 0 Å². The summed E-state index contributed by atoms with van der Waals surface area (Å²) >= 11 is 0. The van der Waals surface area contributed by atoms with Crippen LogP contribution in [0.1, 0.15) is 47.5 Å². The van der Waals surface area contributed by atoms with Crippen LogP contribution in [0.2, 0.25) is 0 Å². The van der Waals surface area contributed by atoms with Crippen LogP contribution in [0.4, 0.5) is 0 Å². The van der Waals surface area contributed by atoms with Crippen LogP contribution >= 0.6 is 0 Å². The first-order valence-corrected chi connectivity index (χ1v) is 5.77. The van der Waals surface area contributed by atoms with E-state index < -0.39 is 0 Å². The van der Waals surface area contributed by atoms with E-state index in [2.05, 4.69) is 32.6 Å². The van der Waals surface area contributed by atoms with Crippen LogP contribution in [-0.4, -0.2) is 22.9 Å². The van der Waals surface area contributed by atoms with E-state index in [4.69, 9.17) is 0 Å². The van der Waals surface area contributed by atoms with Crippen molar-refractivity contribution in [3.8, 4) is 0 Å². The Balaban J connectivity index is 2.68. The monoisotopic (exact) mass is 197 g/mol. The molecule has 1 saturated heterocycles. The standard InChI is InChI=1S/C12H23NO/c1-8(2)11(5)12(14)13-9(3)6-7-10(13)4/h8-11H,6-7H2,1-5H3. The Morgan fingerprint density at radius 2 is 1.57 bits per heavy atom. The number of hydrogen-bond acceptors (Lipinski definition) is 1. The van der Waals surface area contributed by atoms with Gasteiger partial charge in [-0.3, -0.25) is 4.79 Å². The van der Waals surface area contributed by atoms with Crippen molar-refractivity contribution in [1.82, 2.24) is 4.90 Å². The van der Waals surface area contributed by atoms with Gasteiger partial charge in [-0.1, -0.05) is 20.8 Å². The molecule has 3 atom stereocenters. The fraction of sp³-hybridized carbons (Fsp3) is 0.917. The molecule has 0 aromatic carbocycles. The van der Waals surface area contributed by atoms with E-state index in [1.54, 1.807) is 0 Å². The van der Waals surface area contributed by atoms with Crippen LogP contribution in [0, 0.1) is 11.8 Å². The molecule has 0 aromatic heterocycles. The van der Waals surface area contributed by atoms with Gasteiger partial charge >= 0.3 is 0 Å². The van der Waals surface area contributed by atoms with E-state index >= 15 is 0 Å². The maximum Gasteiger partial charge on any atom is 0.226 e. The second kappa shape index (κ2) is 4.33. The third-order valence-corrected chi connectivity index (χ3v) is 3.60. The van der Waals surface area contributed by atoms with Crippen molar-refractivity contribution in [2.24, 2.45) is 11.8 Å². The summed E-state index contributed by atoms with van der Waals surface area (Å²) in [6.45, 7) is 10.6.